The molecule has 0 aliphatic carbocycles. The molecule has 0 saturated carbocycles. The first kappa shape index (κ1) is 22.8. The zero-order valence-electron chi connectivity index (χ0n) is 18.3. The van der Waals surface area contributed by atoms with E-state index >= 15 is 0 Å². The summed E-state index contributed by atoms with van der Waals surface area (Å²) < 4.78 is 18.9. The van der Waals surface area contributed by atoms with Crippen molar-refractivity contribution in [1.82, 2.24) is 19.7 Å². The molecule has 1 unspecified atom stereocenters. The van der Waals surface area contributed by atoms with E-state index in [0.29, 0.717) is 28.9 Å². The van der Waals surface area contributed by atoms with Gasteiger partial charge in [-0.05, 0) is 37.3 Å². The van der Waals surface area contributed by atoms with Crippen LogP contribution in [0.1, 0.15) is 24.5 Å². The summed E-state index contributed by atoms with van der Waals surface area (Å²) in [5.74, 6) is 3.50. The van der Waals surface area contributed by atoms with Crippen LogP contribution in [0.4, 0.5) is 0 Å². The predicted molar refractivity (Wildman–Crippen MR) is 134 cm³/mol. The van der Waals surface area contributed by atoms with E-state index in [1.54, 1.807) is 29.2 Å². The first-order valence-corrected chi connectivity index (χ1v) is 12.8. The summed E-state index contributed by atoms with van der Waals surface area (Å²) in [6.07, 6.45) is 1.48. The summed E-state index contributed by atoms with van der Waals surface area (Å²) in [5.41, 5.74) is 1.98. The molecule has 0 spiro atoms. The highest BCUT2D eigenvalue weighted by Gasteiger charge is 2.20. The van der Waals surface area contributed by atoms with E-state index in [1.165, 1.54) is 0 Å². The highest BCUT2D eigenvalue weighted by atomic mass is 35.5. The van der Waals surface area contributed by atoms with E-state index in [0.717, 1.165) is 32.9 Å². The van der Waals surface area contributed by atoms with Crippen molar-refractivity contribution in [3.63, 3.8) is 0 Å². The lowest BCUT2D eigenvalue weighted by Gasteiger charge is -2.16. The second-order valence-electron chi connectivity index (χ2n) is 7.43. The van der Waals surface area contributed by atoms with E-state index in [-0.39, 0.29) is 12.9 Å². The summed E-state index contributed by atoms with van der Waals surface area (Å²) in [6, 6.07) is 13.3. The molecule has 0 fully saturated rings. The molecule has 2 aromatic heterocycles. The number of aromatic nitrogens is 4. The number of hydrogen-bond acceptors (Lipinski definition) is 8. The van der Waals surface area contributed by atoms with Crippen LogP contribution in [0, 0.1) is 0 Å². The van der Waals surface area contributed by atoms with Crippen molar-refractivity contribution in [2.75, 3.05) is 6.79 Å². The average molecular weight is 513 g/mol. The van der Waals surface area contributed by atoms with Crippen LogP contribution in [0.2, 0.25) is 5.02 Å². The largest absolute Gasteiger partial charge is 0.481 e. The van der Waals surface area contributed by atoms with E-state index in [1.807, 2.05) is 54.0 Å². The molecule has 0 saturated heterocycles. The monoisotopic (exact) mass is 512 g/mol. The van der Waals surface area contributed by atoms with Crippen molar-refractivity contribution in [2.24, 2.45) is 0 Å². The highest BCUT2D eigenvalue weighted by Crippen LogP contribution is 2.37. The van der Waals surface area contributed by atoms with Gasteiger partial charge >= 0.3 is 0 Å². The number of allylic oxidation sites excluding steroid dienone is 1. The number of halogens is 1. The normalized spacial score (nSPS) is 13.1. The fourth-order valence-corrected chi connectivity index (χ4v) is 5.42. The van der Waals surface area contributed by atoms with Crippen molar-refractivity contribution < 1.29 is 14.2 Å². The predicted octanol–water partition coefficient (Wildman–Crippen LogP) is 6.40. The Bertz CT molecular complexity index is 1320. The van der Waals surface area contributed by atoms with Crippen LogP contribution in [-0.2, 0) is 12.3 Å². The number of thioether (sulfide) groups is 1. The Morgan fingerprint density at radius 2 is 2.09 bits per heavy atom. The summed E-state index contributed by atoms with van der Waals surface area (Å²) in [6.45, 7) is 6.64. The molecule has 0 N–H and O–H groups in total. The number of fused-ring (bicyclic) bond motifs is 1. The Balaban J connectivity index is 1.29. The summed E-state index contributed by atoms with van der Waals surface area (Å²) >= 11 is 9.42. The maximum absolute atomic E-state index is 6.25. The number of nitrogens with zero attached hydrogens (tertiary/aromatic N) is 4. The summed E-state index contributed by atoms with van der Waals surface area (Å²) in [5, 5.41) is 13.1. The first-order valence-electron chi connectivity index (χ1n) is 10.5. The minimum absolute atomic E-state index is 0.258. The third-order valence-corrected chi connectivity index (χ3v) is 7.33. The van der Waals surface area contributed by atoms with Gasteiger partial charge in [-0.15, -0.1) is 28.1 Å². The zero-order valence-corrected chi connectivity index (χ0v) is 20.7. The van der Waals surface area contributed by atoms with Crippen LogP contribution in [0.15, 0.2) is 65.7 Å². The summed E-state index contributed by atoms with van der Waals surface area (Å²) in [4.78, 5) is 4.79. The van der Waals surface area contributed by atoms with Gasteiger partial charge in [0.2, 0.25) is 6.79 Å². The fraction of sp³-hybridized carbons (Fsp3) is 0.208. The molecular weight excluding hydrogens is 492 g/mol. The molecule has 5 rings (SSSR count). The van der Waals surface area contributed by atoms with Gasteiger partial charge in [-0.2, -0.15) is 0 Å². The van der Waals surface area contributed by atoms with Crippen LogP contribution >= 0.6 is 34.7 Å². The highest BCUT2D eigenvalue weighted by molar-refractivity contribution is 7.98. The lowest BCUT2D eigenvalue weighted by atomic mass is 10.2. The van der Waals surface area contributed by atoms with Crippen LogP contribution in [0.3, 0.4) is 0 Å². The minimum Gasteiger partial charge on any atom is -0.481 e. The Labute approximate surface area is 210 Å². The zero-order chi connectivity index (χ0) is 23.5. The van der Waals surface area contributed by atoms with Crippen molar-refractivity contribution in [3.05, 3.63) is 77.0 Å². The van der Waals surface area contributed by atoms with Gasteiger partial charge in [-0.25, -0.2) is 4.98 Å². The molecule has 2 aromatic carbocycles. The van der Waals surface area contributed by atoms with Crippen LogP contribution in [-0.4, -0.2) is 26.5 Å². The second kappa shape index (κ2) is 10.1. The van der Waals surface area contributed by atoms with Gasteiger partial charge in [0.15, 0.2) is 28.6 Å². The number of thiazole rings is 1. The third kappa shape index (κ3) is 4.77. The van der Waals surface area contributed by atoms with Gasteiger partial charge in [0.1, 0.15) is 10.8 Å². The molecule has 4 aromatic rings. The molecule has 0 radical (unpaired) electrons. The van der Waals surface area contributed by atoms with E-state index < -0.39 is 0 Å². The lowest BCUT2D eigenvalue weighted by molar-refractivity contribution is 0.174. The van der Waals surface area contributed by atoms with Gasteiger partial charge < -0.3 is 14.2 Å². The van der Waals surface area contributed by atoms with Gasteiger partial charge in [-0.3, -0.25) is 4.57 Å². The van der Waals surface area contributed by atoms with Crippen molar-refractivity contribution >= 4 is 34.7 Å². The van der Waals surface area contributed by atoms with Crippen molar-refractivity contribution in [1.29, 1.82) is 0 Å². The molecule has 10 heteroatoms. The topological polar surface area (TPSA) is 71.3 Å². The Morgan fingerprint density at radius 3 is 2.94 bits per heavy atom. The number of benzene rings is 2. The lowest BCUT2D eigenvalue weighted by Crippen LogP contribution is -2.12. The average Bonchev–Trinajstić information content (AvgIpc) is 3.59. The van der Waals surface area contributed by atoms with Crippen LogP contribution in [0.25, 0.3) is 10.6 Å². The quantitative estimate of drug-likeness (QED) is 0.190. The second-order valence-corrected chi connectivity index (χ2v) is 9.64. The van der Waals surface area contributed by atoms with Gasteiger partial charge in [0.25, 0.3) is 0 Å². The van der Waals surface area contributed by atoms with Gasteiger partial charge in [0, 0.05) is 23.2 Å². The smallest absolute Gasteiger partial charge is 0.231 e. The van der Waals surface area contributed by atoms with E-state index in [4.69, 9.17) is 30.8 Å². The standard InChI is InChI=1S/C24H21ClN4O3S2/c1-3-10-29-22(15(2)32-19-7-5-4-6-18(19)25)27-28-24(29)34-13-17-12-33-23(26-17)16-8-9-20-21(11-16)31-14-30-20/h3-9,11-12,15H,1,10,13-14H2,2H3. The van der Waals surface area contributed by atoms with Crippen molar-refractivity contribution in [3.8, 4) is 27.8 Å². The fourth-order valence-electron chi connectivity index (χ4n) is 3.47. The SMILES string of the molecule is C=CCn1c(SCc2csc(-c3ccc4c(c3)OCO4)n2)nnc1C(C)Oc1ccccc1Cl. The summed E-state index contributed by atoms with van der Waals surface area (Å²) in [7, 11) is 0. The molecule has 1 aliphatic heterocycles. The van der Waals surface area contributed by atoms with Crippen molar-refractivity contribution in [2.45, 2.75) is 30.5 Å². The van der Waals surface area contributed by atoms with Gasteiger partial charge in [-0.1, -0.05) is 41.6 Å². The maximum Gasteiger partial charge on any atom is 0.231 e. The number of rotatable bonds is 9. The van der Waals surface area contributed by atoms with E-state index in [2.05, 4.69) is 22.2 Å². The third-order valence-electron chi connectivity index (χ3n) is 5.08. The Kier molecular flexibility index (Phi) is 6.75. The Hall–Kier alpha value is -3.01. The first-order chi connectivity index (χ1) is 16.6. The minimum atomic E-state index is -0.335. The number of hydrogen-bond donors (Lipinski definition) is 0. The molecular formula is C24H21ClN4O3S2. The van der Waals surface area contributed by atoms with Gasteiger partial charge in [0.05, 0.1) is 10.7 Å². The van der Waals surface area contributed by atoms with E-state index in [9.17, 15) is 0 Å². The molecule has 174 valence electrons. The number of para-hydroxylation sites is 1. The molecule has 34 heavy (non-hydrogen) atoms. The maximum atomic E-state index is 6.25. The van der Waals surface area contributed by atoms with Crippen LogP contribution < -0.4 is 14.2 Å². The molecule has 3 heterocycles. The van der Waals surface area contributed by atoms with Crippen LogP contribution in [0.5, 0.6) is 17.2 Å². The molecule has 1 aliphatic rings. The molecule has 1 atom stereocenters. The molecule has 0 bridgehead atoms. The Morgan fingerprint density at radius 1 is 1.24 bits per heavy atom. The number of ether oxygens (including phenoxy) is 3. The molecule has 7 nitrogen and oxygen atoms in total. The molecule has 0 amide bonds.